The Balaban J connectivity index is 1.95. The maximum atomic E-state index is 11.3. The molecule has 1 unspecified atom stereocenters. The van der Waals surface area contributed by atoms with Crippen LogP contribution in [-0.2, 0) is 9.53 Å². The number of hydrogen-bond acceptors (Lipinski definition) is 3. The van der Waals surface area contributed by atoms with Gasteiger partial charge in [-0.3, -0.25) is 4.79 Å². The Bertz CT molecular complexity index is 181. The first kappa shape index (κ1) is 11.5. The van der Waals surface area contributed by atoms with E-state index in [2.05, 4.69) is 10.6 Å². The first-order valence-corrected chi connectivity index (χ1v) is 5.21. The molecule has 4 nitrogen and oxygen atoms in total. The molecular formula is C10H20N2O2. The van der Waals surface area contributed by atoms with Crippen LogP contribution in [0.3, 0.4) is 0 Å². The van der Waals surface area contributed by atoms with E-state index in [1.807, 2.05) is 6.92 Å². The van der Waals surface area contributed by atoms with Crippen LogP contribution < -0.4 is 10.6 Å². The number of hydrogen-bond donors (Lipinski definition) is 2. The van der Waals surface area contributed by atoms with Crippen LogP contribution in [0.5, 0.6) is 0 Å². The number of rotatable bonds is 7. The summed E-state index contributed by atoms with van der Waals surface area (Å²) in [5.41, 5.74) is 0. The van der Waals surface area contributed by atoms with Crippen LogP contribution in [-0.4, -0.2) is 38.8 Å². The fourth-order valence-electron chi connectivity index (χ4n) is 1.22. The molecule has 0 aromatic carbocycles. The van der Waals surface area contributed by atoms with E-state index in [1.165, 1.54) is 12.8 Å². The molecule has 1 saturated carbocycles. The molecule has 0 saturated heterocycles. The van der Waals surface area contributed by atoms with E-state index in [9.17, 15) is 4.79 Å². The Labute approximate surface area is 85.4 Å². The Kier molecular flexibility index (Phi) is 4.90. The van der Waals surface area contributed by atoms with Crippen LogP contribution in [0.2, 0.25) is 0 Å². The molecule has 1 amide bonds. The third-order valence-electron chi connectivity index (χ3n) is 2.31. The highest BCUT2D eigenvalue weighted by molar-refractivity contribution is 5.78. The molecule has 1 aliphatic carbocycles. The van der Waals surface area contributed by atoms with Gasteiger partial charge in [-0.15, -0.1) is 0 Å². The van der Waals surface area contributed by atoms with Crippen molar-refractivity contribution in [1.29, 1.82) is 0 Å². The van der Waals surface area contributed by atoms with Crippen molar-refractivity contribution in [2.24, 2.45) is 5.92 Å². The van der Waals surface area contributed by atoms with Gasteiger partial charge in [0.25, 0.3) is 0 Å². The molecule has 82 valence electrons. The summed E-state index contributed by atoms with van der Waals surface area (Å²) in [5, 5.41) is 5.99. The molecule has 2 N–H and O–H groups in total. The van der Waals surface area contributed by atoms with Gasteiger partial charge in [0.1, 0.15) is 0 Å². The highest BCUT2D eigenvalue weighted by atomic mass is 16.5. The molecule has 1 aliphatic rings. The molecule has 14 heavy (non-hydrogen) atoms. The molecule has 1 rings (SSSR count). The third-order valence-corrected chi connectivity index (χ3v) is 2.31. The summed E-state index contributed by atoms with van der Waals surface area (Å²) in [6.45, 7) is 3.87. The molecule has 0 aromatic rings. The molecule has 0 aliphatic heterocycles. The SMILES string of the molecule is COCC(C)NCC(=O)NCC1CC1. The van der Waals surface area contributed by atoms with E-state index in [4.69, 9.17) is 4.74 Å². The van der Waals surface area contributed by atoms with Gasteiger partial charge < -0.3 is 15.4 Å². The van der Waals surface area contributed by atoms with E-state index in [-0.39, 0.29) is 11.9 Å². The maximum Gasteiger partial charge on any atom is 0.233 e. The van der Waals surface area contributed by atoms with E-state index in [0.717, 1.165) is 12.5 Å². The highest BCUT2D eigenvalue weighted by Gasteiger charge is 2.21. The average molecular weight is 200 g/mol. The first-order chi connectivity index (χ1) is 6.72. The molecule has 1 atom stereocenters. The lowest BCUT2D eigenvalue weighted by Crippen LogP contribution is -2.40. The fraction of sp³-hybridized carbons (Fsp3) is 0.900. The lowest BCUT2D eigenvalue weighted by Gasteiger charge is -2.12. The zero-order chi connectivity index (χ0) is 10.4. The minimum Gasteiger partial charge on any atom is -0.383 e. The van der Waals surface area contributed by atoms with Crippen molar-refractivity contribution in [3.63, 3.8) is 0 Å². The normalized spacial score (nSPS) is 17.9. The third kappa shape index (κ3) is 5.19. The van der Waals surface area contributed by atoms with Gasteiger partial charge in [0.05, 0.1) is 13.2 Å². The van der Waals surface area contributed by atoms with Gasteiger partial charge >= 0.3 is 0 Å². The molecule has 0 heterocycles. The number of nitrogens with one attached hydrogen (secondary N) is 2. The lowest BCUT2D eigenvalue weighted by molar-refractivity contribution is -0.120. The van der Waals surface area contributed by atoms with Crippen molar-refractivity contribution >= 4 is 5.91 Å². The van der Waals surface area contributed by atoms with Crippen molar-refractivity contribution in [3.8, 4) is 0 Å². The Morgan fingerprint density at radius 1 is 1.57 bits per heavy atom. The molecule has 4 heteroatoms. The molecule has 0 spiro atoms. The fourth-order valence-corrected chi connectivity index (χ4v) is 1.22. The second-order valence-corrected chi connectivity index (χ2v) is 3.98. The van der Waals surface area contributed by atoms with Gasteiger partial charge in [0.2, 0.25) is 5.91 Å². The standard InChI is InChI=1S/C10H20N2O2/c1-8(7-14-2)11-6-10(13)12-5-9-3-4-9/h8-9,11H,3-7H2,1-2H3,(H,12,13). The molecule has 1 fully saturated rings. The van der Waals surface area contributed by atoms with Gasteiger partial charge in [-0.2, -0.15) is 0 Å². The van der Waals surface area contributed by atoms with Crippen LogP contribution in [0.4, 0.5) is 0 Å². The predicted octanol–water partition coefficient (Wildman–Crippen LogP) is 0.137. The Hall–Kier alpha value is -0.610. The summed E-state index contributed by atoms with van der Waals surface area (Å²) >= 11 is 0. The molecule has 0 radical (unpaired) electrons. The van der Waals surface area contributed by atoms with E-state index >= 15 is 0 Å². The second kappa shape index (κ2) is 5.98. The van der Waals surface area contributed by atoms with Crippen LogP contribution in [0, 0.1) is 5.92 Å². The van der Waals surface area contributed by atoms with Gasteiger partial charge in [0, 0.05) is 19.7 Å². The smallest absolute Gasteiger partial charge is 0.233 e. The van der Waals surface area contributed by atoms with Crippen LogP contribution in [0.15, 0.2) is 0 Å². The van der Waals surface area contributed by atoms with Crippen LogP contribution >= 0.6 is 0 Å². The van der Waals surface area contributed by atoms with Gasteiger partial charge in [-0.05, 0) is 25.7 Å². The molecular weight excluding hydrogens is 180 g/mol. The van der Waals surface area contributed by atoms with Crippen molar-refractivity contribution in [3.05, 3.63) is 0 Å². The highest BCUT2D eigenvalue weighted by Crippen LogP contribution is 2.27. The number of carbonyl (C=O) groups is 1. The van der Waals surface area contributed by atoms with E-state index in [1.54, 1.807) is 7.11 Å². The van der Waals surface area contributed by atoms with Gasteiger partial charge in [0.15, 0.2) is 0 Å². The van der Waals surface area contributed by atoms with Crippen LogP contribution in [0.25, 0.3) is 0 Å². The first-order valence-electron chi connectivity index (χ1n) is 5.21. The summed E-state index contributed by atoms with van der Waals surface area (Å²) in [7, 11) is 1.66. The largest absolute Gasteiger partial charge is 0.383 e. The predicted molar refractivity (Wildman–Crippen MR) is 55.1 cm³/mol. The van der Waals surface area contributed by atoms with Gasteiger partial charge in [-0.25, -0.2) is 0 Å². The lowest BCUT2D eigenvalue weighted by atomic mass is 10.3. The monoisotopic (exact) mass is 200 g/mol. The Morgan fingerprint density at radius 3 is 2.86 bits per heavy atom. The van der Waals surface area contributed by atoms with Gasteiger partial charge in [-0.1, -0.05) is 0 Å². The summed E-state index contributed by atoms with van der Waals surface area (Å²) in [5.74, 6) is 0.829. The summed E-state index contributed by atoms with van der Waals surface area (Å²) in [6.07, 6.45) is 2.54. The minimum atomic E-state index is 0.0832. The van der Waals surface area contributed by atoms with Crippen molar-refractivity contribution in [2.75, 3.05) is 26.8 Å². The topological polar surface area (TPSA) is 50.4 Å². The number of ether oxygens (including phenoxy) is 1. The molecule has 0 aromatic heterocycles. The number of carbonyl (C=O) groups excluding carboxylic acids is 1. The zero-order valence-electron chi connectivity index (χ0n) is 9.01. The van der Waals surface area contributed by atoms with Crippen molar-refractivity contribution in [2.45, 2.75) is 25.8 Å². The van der Waals surface area contributed by atoms with Crippen molar-refractivity contribution in [1.82, 2.24) is 10.6 Å². The summed E-state index contributed by atoms with van der Waals surface area (Å²) in [4.78, 5) is 11.3. The zero-order valence-corrected chi connectivity index (χ0v) is 9.01. The van der Waals surface area contributed by atoms with E-state index < -0.39 is 0 Å². The van der Waals surface area contributed by atoms with E-state index in [0.29, 0.717) is 13.2 Å². The quantitative estimate of drug-likeness (QED) is 0.614. The maximum absolute atomic E-state index is 11.3. The summed E-state index contributed by atoms with van der Waals surface area (Å²) in [6, 6.07) is 0.228. The Morgan fingerprint density at radius 2 is 2.29 bits per heavy atom. The minimum absolute atomic E-state index is 0.0832. The summed E-state index contributed by atoms with van der Waals surface area (Å²) < 4.78 is 4.95. The number of methoxy groups -OCH3 is 1. The average Bonchev–Trinajstić information content (AvgIpc) is 2.95. The number of amides is 1. The molecule has 0 bridgehead atoms. The second-order valence-electron chi connectivity index (χ2n) is 3.98. The van der Waals surface area contributed by atoms with Crippen molar-refractivity contribution < 1.29 is 9.53 Å². The van der Waals surface area contributed by atoms with Crippen LogP contribution in [0.1, 0.15) is 19.8 Å².